The van der Waals surface area contributed by atoms with Crippen LogP contribution in [0.3, 0.4) is 0 Å². The van der Waals surface area contributed by atoms with Crippen LogP contribution in [0.25, 0.3) is 0 Å². The number of nitrogens with one attached hydrogen (secondary N) is 1. The SMILES string of the molecule is CN(CC(=O)N(C)c1ccccc1C(=O)NCc1ccco1)Cc1ccc(Cl)cc1Cl. The summed E-state index contributed by atoms with van der Waals surface area (Å²) < 4.78 is 5.24. The Kier molecular flexibility index (Phi) is 7.74. The summed E-state index contributed by atoms with van der Waals surface area (Å²) in [5.41, 5.74) is 1.82. The van der Waals surface area contributed by atoms with E-state index in [1.165, 1.54) is 4.90 Å². The zero-order chi connectivity index (χ0) is 22.4. The van der Waals surface area contributed by atoms with Crippen LogP contribution in [0.2, 0.25) is 10.0 Å². The smallest absolute Gasteiger partial charge is 0.253 e. The van der Waals surface area contributed by atoms with Gasteiger partial charge in [0.2, 0.25) is 5.91 Å². The van der Waals surface area contributed by atoms with E-state index in [1.807, 2.05) is 18.0 Å². The molecule has 31 heavy (non-hydrogen) atoms. The molecule has 2 aromatic carbocycles. The summed E-state index contributed by atoms with van der Waals surface area (Å²) in [5.74, 6) is 0.213. The minimum absolute atomic E-state index is 0.151. The molecule has 1 heterocycles. The summed E-state index contributed by atoms with van der Waals surface area (Å²) >= 11 is 12.2. The van der Waals surface area contributed by atoms with Gasteiger partial charge in [-0.15, -0.1) is 0 Å². The van der Waals surface area contributed by atoms with Crippen LogP contribution in [0.1, 0.15) is 21.7 Å². The lowest BCUT2D eigenvalue weighted by Gasteiger charge is -2.24. The number of rotatable bonds is 8. The second kappa shape index (κ2) is 10.5. The summed E-state index contributed by atoms with van der Waals surface area (Å²) in [6.45, 7) is 0.904. The van der Waals surface area contributed by atoms with Crippen molar-refractivity contribution in [3.8, 4) is 0 Å². The Hall–Kier alpha value is -2.80. The Balaban J connectivity index is 1.65. The van der Waals surface area contributed by atoms with Crippen LogP contribution >= 0.6 is 23.2 Å². The number of furan rings is 1. The number of amides is 2. The molecular weight excluding hydrogens is 437 g/mol. The fraction of sp³-hybridized carbons (Fsp3) is 0.217. The first kappa shape index (κ1) is 22.9. The Morgan fingerprint density at radius 3 is 2.52 bits per heavy atom. The molecule has 1 aromatic heterocycles. The van der Waals surface area contributed by atoms with E-state index in [1.54, 1.807) is 61.8 Å². The predicted octanol–water partition coefficient (Wildman–Crippen LogP) is 4.61. The molecule has 3 aromatic rings. The molecule has 8 heteroatoms. The highest BCUT2D eigenvalue weighted by atomic mass is 35.5. The van der Waals surface area contributed by atoms with Crippen LogP contribution in [0.5, 0.6) is 0 Å². The molecule has 6 nitrogen and oxygen atoms in total. The number of carbonyl (C=O) groups is 2. The Morgan fingerprint density at radius 2 is 1.81 bits per heavy atom. The van der Waals surface area contributed by atoms with E-state index in [4.69, 9.17) is 27.6 Å². The summed E-state index contributed by atoms with van der Waals surface area (Å²) in [6.07, 6.45) is 1.55. The first-order chi connectivity index (χ1) is 14.8. The third-order valence-corrected chi connectivity index (χ3v) is 5.33. The van der Waals surface area contributed by atoms with Crippen molar-refractivity contribution in [2.45, 2.75) is 13.1 Å². The summed E-state index contributed by atoms with van der Waals surface area (Å²) in [6, 6.07) is 15.8. The van der Waals surface area contributed by atoms with Gasteiger partial charge in [-0.1, -0.05) is 41.4 Å². The number of anilines is 1. The van der Waals surface area contributed by atoms with Crippen molar-refractivity contribution in [2.75, 3.05) is 25.5 Å². The monoisotopic (exact) mass is 459 g/mol. The third-order valence-electron chi connectivity index (χ3n) is 4.75. The van der Waals surface area contributed by atoms with Crippen molar-refractivity contribution in [3.05, 3.63) is 87.8 Å². The first-order valence-electron chi connectivity index (χ1n) is 9.64. The van der Waals surface area contributed by atoms with Crippen molar-refractivity contribution in [3.63, 3.8) is 0 Å². The summed E-state index contributed by atoms with van der Waals surface area (Å²) in [4.78, 5) is 28.9. The van der Waals surface area contributed by atoms with Gasteiger partial charge >= 0.3 is 0 Å². The minimum atomic E-state index is -0.284. The van der Waals surface area contributed by atoms with E-state index in [0.29, 0.717) is 33.6 Å². The van der Waals surface area contributed by atoms with Gasteiger partial charge < -0.3 is 14.6 Å². The first-order valence-corrected chi connectivity index (χ1v) is 10.4. The van der Waals surface area contributed by atoms with Gasteiger partial charge in [-0.3, -0.25) is 14.5 Å². The van der Waals surface area contributed by atoms with Gasteiger partial charge in [0.15, 0.2) is 0 Å². The van der Waals surface area contributed by atoms with Crippen LogP contribution in [0, 0.1) is 0 Å². The predicted molar refractivity (Wildman–Crippen MR) is 123 cm³/mol. The van der Waals surface area contributed by atoms with Crippen molar-refractivity contribution in [1.82, 2.24) is 10.2 Å². The lowest BCUT2D eigenvalue weighted by molar-refractivity contribution is -0.119. The molecule has 0 saturated heterocycles. The van der Waals surface area contributed by atoms with Crippen molar-refractivity contribution >= 4 is 40.7 Å². The zero-order valence-corrected chi connectivity index (χ0v) is 18.8. The molecule has 0 atom stereocenters. The largest absolute Gasteiger partial charge is 0.467 e. The molecule has 0 aliphatic heterocycles. The summed E-state index contributed by atoms with van der Waals surface area (Å²) in [5, 5.41) is 3.93. The topological polar surface area (TPSA) is 65.8 Å². The molecule has 1 N–H and O–H groups in total. The van der Waals surface area contributed by atoms with Crippen LogP contribution < -0.4 is 10.2 Å². The van der Waals surface area contributed by atoms with Gasteiger partial charge in [-0.2, -0.15) is 0 Å². The second-order valence-electron chi connectivity index (χ2n) is 7.14. The van der Waals surface area contributed by atoms with E-state index in [0.717, 1.165) is 5.56 Å². The molecule has 2 amide bonds. The molecule has 0 spiro atoms. The van der Waals surface area contributed by atoms with Crippen LogP contribution in [0.15, 0.2) is 65.3 Å². The van der Waals surface area contributed by atoms with Gasteiger partial charge in [0.25, 0.3) is 5.91 Å². The number of likely N-dealkylation sites (N-methyl/N-ethyl adjacent to an activating group) is 2. The zero-order valence-electron chi connectivity index (χ0n) is 17.3. The third kappa shape index (κ3) is 6.10. The molecule has 0 unspecified atom stereocenters. The molecule has 0 saturated carbocycles. The molecule has 162 valence electrons. The molecule has 0 fully saturated rings. The molecule has 0 radical (unpaired) electrons. The van der Waals surface area contributed by atoms with Gasteiger partial charge in [0, 0.05) is 23.6 Å². The fourth-order valence-corrected chi connectivity index (χ4v) is 3.57. The molecule has 0 aliphatic rings. The van der Waals surface area contributed by atoms with E-state index >= 15 is 0 Å². The standard InChI is InChI=1S/C23H23Cl2N3O3/c1-27(14-16-9-10-17(24)12-20(16)25)15-22(29)28(2)21-8-4-3-7-19(21)23(30)26-13-18-6-5-11-31-18/h3-12H,13-15H2,1-2H3,(H,26,30). The molecular formula is C23H23Cl2N3O3. The van der Waals surface area contributed by atoms with Crippen molar-refractivity contribution < 1.29 is 14.0 Å². The number of hydrogen-bond donors (Lipinski definition) is 1. The normalized spacial score (nSPS) is 10.9. The lowest BCUT2D eigenvalue weighted by atomic mass is 10.1. The van der Waals surface area contributed by atoms with Gasteiger partial charge in [-0.05, 0) is 49.0 Å². The van der Waals surface area contributed by atoms with Gasteiger partial charge in [-0.25, -0.2) is 0 Å². The number of carbonyl (C=O) groups excluding carboxylic acids is 2. The number of hydrogen-bond acceptors (Lipinski definition) is 4. The summed E-state index contributed by atoms with van der Waals surface area (Å²) in [7, 11) is 3.49. The lowest BCUT2D eigenvalue weighted by Crippen LogP contribution is -2.37. The maximum Gasteiger partial charge on any atom is 0.253 e. The Labute approximate surface area is 191 Å². The molecule has 3 rings (SSSR count). The van der Waals surface area contributed by atoms with Crippen molar-refractivity contribution in [2.24, 2.45) is 0 Å². The number of para-hydroxylation sites is 1. The quantitative estimate of drug-likeness (QED) is 0.533. The Bertz CT molecular complexity index is 1050. The average Bonchev–Trinajstić information content (AvgIpc) is 3.27. The maximum atomic E-state index is 12.9. The fourth-order valence-electron chi connectivity index (χ4n) is 3.10. The van der Waals surface area contributed by atoms with E-state index < -0.39 is 0 Å². The molecule has 0 bridgehead atoms. The minimum Gasteiger partial charge on any atom is -0.467 e. The van der Waals surface area contributed by atoms with E-state index in [9.17, 15) is 9.59 Å². The average molecular weight is 460 g/mol. The Morgan fingerprint density at radius 1 is 1.03 bits per heavy atom. The second-order valence-corrected chi connectivity index (χ2v) is 7.98. The highest BCUT2D eigenvalue weighted by molar-refractivity contribution is 6.35. The maximum absolute atomic E-state index is 12.9. The van der Waals surface area contributed by atoms with Gasteiger partial charge in [0.05, 0.1) is 30.6 Å². The van der Waals surface area contributed by atoms with Crippen LogP contribution in [-0.2, 0) is 17.9 Å². The van der Waals surface area contributed by atoms with Gasteiger partial charge in [0.1, 0.15) is 5.76 Å². The van der Waals surface area contributed by atoms with E-state index in [-0.39, 0.29) is 24.9 Å². The highest BCUT2D eigenvalue weighted by Gasteiger charge is 2.20. The number of benzene rings is 2. The molecule has 0 aliphatic carbocycles. The number of halogens is 2. The van der Waals surface area contributed by atoms with Crippen LogP contribution in [0.4, 0.5) is 5.69 Å². The van der Waals surface area contributed by atoms with E-state index in [2.05, 4.69) is 5.32 Å². The van der Waals surface area contributed by atoms with Crippen LogP contribution in [-0.4, -0.2) is 37.4 Å². The van der Waals surface area contributed by atoms with Crippen molar-refractivity contribution in [1.29, 1.82) is 0 Å². The highest BCUT2D eigenvalue weighted by Crippen LogP contribution is 2.23. The number of nitrogens with zero attached hydrogens (tertiary/aromatic N) is 2.